The van der Waals surface area contributed by atoms with Gasteiger partial charge >= 0.3 is 6.18 Å². The molecule has 110 valence electrons. The zero-order valence-electron chi connectivity index (χ0n) is 11.0. The van der Waals surface area contributed by atoms with E-state index < -0.39 is 23.5 Å². The topological polar surface area (TPSA) is 29.1 Å². The molecule has 0 aliphatic carbocycles. The normalized spacial score (nSPS) is 11.3. The van der Waals surface area contributed by atoms with Crippen LogP contribution >= 0.6 is 0 Å². The maximum atomic E-state index is 13.0. The van der Waals surface area contributed by atoms with E-state index in [0.29, 0.717) is 11.3 Å². The molecule has 0 aliphatic rings. The minimum Gasteiger partial charge on any atom is -0.322 e. The summed E-state index contributed by atoms with van der Waals surface area (Å²) in [6.07, 6.45) is -4.51. The molecule has 0 fully saturated rings. The van der Waals surface area contributed by atoms with Crippen molar-refractivity contribution < 1.29 is 22.4 Å². The van der Waals surface area contributed by atoms with Gasteiger partial charge in [0.2, 0.25) is 0 Å². The zero-order valence-corrected chi connectivity index (χ0v) is 11.0. The molecule has 1 N–H and O–H groups in total. The Bertz CT molecular complexity index is 680. The highest BCUT2D eigenvalue weighted by atomic mass is 19.4. The van der Waals surface area contributed by atoms with Gasteiger partial charge in [-0.15, -0.1) is 0 Å². The van der Waals surface area contributed by atoms with Gasteiger partial charge in [-0.05, 0) is 48.9 Å². The maximum Gasteiger partial charge on any atom is 0.416 e. The summed E-state index contributed by atoms with van der Waals surface area (Å²) in [5.74, 6) is -1.14. The van der Waals surface area contributed by atoms with E-state index in [1.165, 1.54) is 18.2 Å². The molecule has 0 saturated carbocycles. The van der Waals surface area contributed by atoms with Crippen LogP contribution in [0.5, 0.6) is 0 Å². The van der Waals surface area contributed by atoms with Crippen molar-refractivity contribution in [3.63, 3.8) is 0 Å². The summed E-state index contributed by atoms with van der Waals surface area (Å²) in [5, 5.41) is 2.46. The Morgan fingerprint density at radius 3 is 2.43 bits per heavy atom. The summed E-state index contributed by atoms with van der Waals surface area (Å²) in [6, 6.07) is 7.85. The fourth-order valence-corrected chi connectivity index (χ4v) is 1.80. The third-order valence-corrected chi connectivity index (χ3v) is 2.89. The van der Waals surface area contributed by atoms with Crippen molar-refractivity contribution in [3.05, 3.63) is 65.0 Å². The van der Waals surface area contributed by atoms with E-state index in [2.05, 4.69) is 5.32 Å². The largest absolute Gasteiger partial charge is 0.416 e. The third kappa shape index (κ3) is 3.59. The predicted molar refractivity (Wildman–Crippen MR) is 70.5 cm³/mol. The first-order valence-electron chi connectivity index (χ1n) is 6.02. The van der Waals surface area contributed by atoms with Crippen LogP contribution in [0.15, 0.2) is 42.5 Å². The van der Waals surface area contributed by atoms with Crippen LogP contribution in [-0.2, 0) is 6.18 Å². The van der Waals surface area contributed by atoms with Gasteiger partial charge in [-0.2, -0.15) is 13.2 Å². The van der Waals surface area contributed by atoms with Crippen LogP contribution in [-0.4, -0.2) is 5.91 Å². The lowest BCUT2D eigenvalue weighted by Crippen LogP contribution is -2.14. The summed E-state index contributed by atoms with van der Waals surface area (Å²) < 4.78 is 50.7. The Balaban J connectivity index is 2.25. The second kappa shape index (κ2) is 5.55. The van der Waals surface area contributed by atoms with Gasteiger partial charge < -0.3 is 5.32 Å². The predicted octanol–water partition coefficient (Wildman–Crippen LogP) is 4.41. The molecule has 0 radical (unpaired) electrons. The van der Waals surface area contributed by atoms with Gasteiger partial charge in [-0.3, -0.25) is 4.79 Å². The highest BCUT2D eigenvalue weighted by Gasteiger charge is 2.30. The second-order valence-electron chi connectivity index (χ2n) is 4.49. The summed E-state index contributed by atoms with van der Waals surface area (Å²) in [6.45, 7) is 1.59. The average Bonchev–Trinajstić information content (AvgIpc) is 2.41. The molecule has 0 saturated heterocycles. The Morgan fingerprint density at radius 1 is 1.10 bits per heavy atom. The molecule has 1 amide bonds. The van der Waals surface area contributed by atoms with Crippen LogP contribution in [0.25, 0.3) is 0 Å². The average molecular weight is 297 g/mol. The molecule has 2 aromatic rings. The number of hydrogen-bond donors (Lipinski definition) is 1. The van der Waals surface area contributed by atoms with Gasteiger partial charge in [0.05, 0.1) is 5.56 Å². The monoisotopic (exact) mass is 297 g/mol. The fraction of sp³-hybridized carbons (Fsp3) is 0.133. The number of hydrogen-bond acceptors (Lipinski definition) is 1. The molecule has 2 rings (SSSR count). The van der Waals surface area contributed by atoms with Gasteiger partial charge in [-0.1, -0.05) is 6.07 Å². The summed E-state index contributed by atoms with van der Waals surface area (Å²) in [7, 11) is 0. The van der Waals surface area contributed by atoms with Crippen LogP contribution < -0.4 is 5.32 Å². The van der Waals surface area contributed by atoms with Crippen molar-refractivity contribution in [3.8, 4) is 0 Å². The highest BCUT2D eigenvalue weighted by molar-refractivity contribution is 6.04. The number of carbonyl (C=O) groups excluding carboxylic acids is 1. The van der Waals surface area contributed by atoms with Crippen molar-refractivity contribution in [2.75, 3.05) is 5.32 Å². The lowest BCUT2D eigenvalue weighted by atomic mass is 10.1. The summed E-state index contributed by atoms with van der Waals surface area (Å²) in [4.78, 5) is 12.0. The lowest BCUT2D eigenvalue weighted by molar-refractivity contribution is -0.137. The Labute approximate surface area is 118 Å². The van der Waals surface area contributed by atoms with E-state index >= 15 is 0 Å². The Morgan fingerprint density at radius 2 is 1.81 bits per heavy atom. The van der Waals surface area contributed by atoms with Crippen LogP contribution in [0.1, 0.15) is 21.5 Å². The molecule has 0 spiro atoms. The second-order valence-corrected chi connectivity index (χ2v) is 4.49. The Kier molecular flexibility index (Phi) is 3.97. The molecule has 2 aromatic carbocycles. The van der Waals surface area contributed by atoms with Gasteiger partial charge in [0.15, 0.2) is 0 Å². The number of carbonyl (C=O) groups is 1. The molecule has 0 atom stereocenters. The smallest absolute Gasteiger partial charge is 0.322 e. The highest BCUT2D eigenvalue weighted by Crippen LogP contribution is 2.29. The van der Waals surface area contributed by atoms with E-state index in [1.54, 1.807) is 6.92 Å². The SMILES string of the molecule is Cc1cc(F)ccc1NC(=O)c1cccc(C(F)(F)F)c1. The van der Waals surface area contributed by atoms with Crippen molar-refractivity contribution in [2.45, 2.75) is 13.1 Å². The number of halogens is 4. The van der Waals surface area contributed by atoms with Crippen molar-refractivity contribution >= 4 is 11.6 Å². The number of alkyl halides is 3. The maximum absolute atomic E-state index is 13.0. The molecule has 0 aromatic heterocycles. The molecule has 0 heterocycles. The number of aryl methyl sites for hydroxylation is 1. The van der Waals surface area contributed by atoms with E-state index in [9.17, 15) is 22.4 Å². The zero-order chi connectivity index (χ0) is 15.6. The third-order valence-electron chi connectivity index (χ3n) is 2.89. The van der Waals surface area contributed by atoms with Crippen molar-refractivity contribution in [1.82, 2.24) is 0 Å². The van der Waals surface area contributed by atoms with Crippen LogP contribution in [0.2, 0.25) is 0 Å². The van der Waals surface area contributed by atoms with Gasteiger partial charge in [0, 0.05) is 11.3 Å². The number of nitrogens with one attached hydrogen (secondary N) is 1. The van der Waals surface area contributed by atoms with Crippen LogP contribution in [0.4, 0.5) is 23.2 Å². The number of benzene rings is 2. The summed E-state index contributed by atoms with van der Waals surface area (Å²) >= 11 is 0. The molecular weight excluding hydrogens is 286 g/mol. The minimum atomic E-state index is -4.51. The first-order chi connectivity index (χ1) is 9.77. The number of amides is 1. The standard InChI is InChI=1S/C15H11F4NO/c1-9-7-12(16)5-6-13(9)20-14(21)10-3-2-4-11(8-10)15(17,18)19/h2-8H,1H3,(H,20,21). The van der Waals surface area contributed by atoms with Crippen LogP contribution in [0.3, 0.4) is 0 Å². The van der Waals surface area contributed by atoms with E-state index in [1.807, 2.05) is 0 Å². The van der Waals surface area contributed by atoms with E-state index in [-0.39, 0.29) is 5.56 Å². The van der Waals surface area contributed by atoms with E-state index in [4.69, 9.17) is 0 Å². The van der Waals surface area contributed by atoms with Gasteiger partial charge in [0.25, 0.3) is 5.91 Å². The lowest BCUT2D eigenvalue weighted by Gasteiger charge is -2.10. The molecule has 0 unspecified atom stereocenters. The molecule has 2 nitrogen and oxygen atoms in total. The Hall–Kier alpha value is -2.37. The molecule has 0 bridgehead atoms. The van der Waals surface area contributed by atoms with Gasteiger partial charge in [0.1, 0.15) is 5.82 Å². The first-order valence-corrected chi connectivity index (χ1v) is 6.02. The van der Waals surface area contributed by atoms with Crippen molar-refractivity contribution in [2.24, 2.45) is 0 Å². The summed E-state index contributed by atoms with van der Waals surface area (Å²) in [5.41, 5.74) is -0.186. The fourth-order valence-electron chi connectivity index (χ4n) is 1.80. The van der Waals surface area contributed by atoms with Gasteiger partial charge in [-0.25, -0.2) is 4.39 Å². The molecule has 6 heteroatoms. The number of anilines is 1. The molecular formula is C15H11F4NO. The molecule has 0 aliphatic heterocycles. The molecule has 21 heavy (non-hydrogen) atoms. The minimum absolute atomic E-state index is 0.117. The van der Waals surface area contributed by atoms with E-state index in [0.717, 1.165) is 24.3 Å². The quantitative estimate of drug-likeness (QED) is 0.818. The number of rotatable bonds is 2. The first kappa shape index (κ1) is 15.0. The van der Waals surface area contributed by atoms with Crippen LogP contribution in [0, 0.1) is 12.7 Å². The van der Waals surface area contributed by atoms with Crippen molar-refractivity contribution in [1.29, 1.82) is 0 Å².